The number of oxazole rings is 1. The molecular formula is C22H13Cl2N3O3. The number of aromatic nitrogens is 1. The largest absolute Gasteiger partial charge is 0.436 e. The highest BCUT2D eigenvalue weighted by Crippen LogP contribution is 2.35. The Hall–Kier alpha value is -3.48. The first-order chi connectivity index (χ1) is 14.5. The van der Waals surface area contributed by atoms with Crippen LogP contribution in [0.5, 0.6) is 0 Å². The van der Waals surface area contributed by atoms with Crippen LogP contribution in [0.15, 0.2) is 76.1 Å². The van der Waals surface area contributed by atoms with E-state index in [9.17, 15) is 10.1 Å². The summed E-state index contributed by atoms with van der Waals surface area (Å²) in [4.78, 5) is 19.1. The van der Waals surface area contributed by atoms with E-state index in [0.717, 1.165) is 5.56 Å². The molecule has 0 fully saturated rings. The smallest absolute Gasteiger partial charge is 0.269 e. The van der Waals surface area contributed by atoms with E-state index in [2.05, 4.69) is 9.98 Å². The second-order valence-corrected chi connectivity index (χ2v) is 7.04. The predicted molar refractivity (Wildman–Crippen MR) is 120 cm³/mol. The van der Waals surface area contributed by atoms with Gasteiger partial charge in [-0.15, -0.1) is 0 Å². The number of benzene rings is 3. The average molecular weight is 438 g/mol. The Balaban J connectivity index is 1.52. The molecule has 4 rings (SSSR count). The van der Waals surface area contributed by atoms with E-state index in [1.54, 1.807) is 60.8 Å². The molecule has 6 nitrogen and oxygen atoms in total. The van der Waals surface area contributed by atoms with Gasteiger partial charge in [0.1, 0.15) is 5.52 Å². The second kappa shape index (κ2) is 8.49. The number of fused-ring (bicyclic) bond motifs is 1. The lowest BCUT2D eigenvalue weighted by Gasteiger charge is -2.00. The van der Waals surface area contributed by atoms with Gasteiger partial charge in [0.25, 0.3) is 5.69 Å². The lowest BCUT2D eigenvalue weighted by Crippen LogP contribution is -1.86. The van der Waals surface area contributed by atoms with E-state index >= 15 is 0 Å². The molecule has 0 saturated carbocycles. The number of nitro groups is 1. The number of nitrogens with zero attached hydrogens (tertiary/aromatic N) is 3. The summed E-state index contributed by atoms with van der Waals surface area (Å²) in [5.41, 5.74) is 3.48. The van der Waals surface area contributed by atoms with Crippen LogP contribution in [0.4, 0.5) is 11.4 Å². The van der Waals surface area contributed by atoms with Crippen molar-refractivity contribution < 1.29 is 9.34 Å². The molecule has 0 saturated heterocycles. The molecular weight excluding hydrogens is 425 g/mol. The average Bonchev–Trinajstić information content (AvgIpc) is 3.16. The molecule has 0 aliphatic rings. The van der Waals surface area contributed by atoms with E-state index in [0.29, 0.717) is 38.3 Å². The summed E-state index contributed by atoms with van der Waals surface area (Å²) in [6, 6.07) is 16.9. The van der Waals surface area contributed by atoms with Gasteiger partial charge in [-0.1, -0.05) is 35.3 Å². The van der Waals surface area contributed by atoms with Crippen molar-refractivity contribution in [2.24, 2.45) is 4.99 Å². The molecule has 1 heterocycles. The second-order valence-electron chi connectivity index (χ2n) is 6.26. The van der Waals surface area contributed by atoms with E-state index in [1.807, 2.05) is 6.07 Å². The molecule has 148 valence electrons. The highest BCUT2D eigenvalue weighted by molar-refractivity contribution is 6.43. The number of allylic oxidation sites excluding steroid dienone is 1. The topological polar surface area (TPSA) is 81.5 Å². The van der Waals surface area contributed by atoms with E-state index in [1.165, 1.54) is 12.1 Å². The standard InChI is InChI=1S/C22H13Cl2N3O3/c23-18-5-1-4-17(21(18)24)22-26-19-13-15(8-11-20(19)30-22)25-12-2-3-14-6-9-16(10-7-14)27(28)29/h1-13H. The Labute approximate surface area is 181 Å². The maximum absolute atomic E-state index is 10.7. The van der Waals surface area contributed by atoms with Gasteiger partial charge < -0.3 is 4.42 Å². The van der Waals surface area contributed by atoms with Crippen molar-refractivity contribution in [1.29, 1.82) is 0 Å². The van der Waals surface area contributed by atoms with Crippen molar-refractivity contribution in [3.8, 4) is 11.5 Å². The molecule has 4 aromatic rings. The molecule has 0 aliphatic heterocycles. The Kier molecular flexibility index (Phi) is 5.61. The Morgan fingerprint density at radius 1 is 1.07 bits per heavy atom. The normalized spacial score (nSPS) is 11.7. The molecule has 8 heteroatoms. The molecule has 0 aliphatic carbocycles. The molecule has 0 atom stereocenters. The summed E-state index contributed by atoms with van der Waals surface area (Å²) in [5, 5.41) is 11.5. The zero-order valence-corrected chi connectivity index (χ0v) is 16.8. The molecule has 1 aromatic heterocycles. The molecule has 0 amide bonds. The Morgan fingerprint density at radius 3 is 2.63 bits per heavy atom. The third kappa shape index (κ3) is 4.25. The highest BCUT2D eigenvalue weighted by Gasteiger charge is 2.13. The van der Waals surface area contributed by atoms with Crippen LogP contribution < -0.4 is 0 Å². The minimum atomic E-state index is -0.430. The van der Waals surface area contributed by atoms with Gasteiger partial charge in [-0.25, -0.2) is 4.98 Å². The lowest BCUT2D eigenvalue weighted by atomic mass is 10.2. The number of halogens is 2. The SMILES string of the molecule is O=[N+]([O-])c1ccc(C=CC=Nc2ccc3oc(-c4cccc(Cl)c4Cl)nc3c2)cc1. The molecule has 3 aromatic carbocycles. The lowest BCUT2D eigenvalue weighted by molar-refractivity contribution is -0.384. The van der Waals surface area contributed by atoms with Gasteiger partial charge in [0.05, 0.1) is 26.2 Å². The van der Waals surface area contributed by atoms with Crippen LogP contribution in [0.2, 0.25) is 10.0 Å². The summed E-state index contributed by atoms with van der Waals surface area (Å²) in [5.74, 6) is 0.386. The van der Waals surface area contributed by atoms with E-state index < -0.39 is 4.92 Å². The Morgan fingerprint density at radius 2 is 1.87 bits per heavy atom. The first-order valence-electron chi connectivity index (χ1n) is 8.81. The zero-order chi connectivity index (χ0) is 21.1. The number of non-ortho nitro benzene ring substituents is 1. The van der Waals surface area contributed by atoms with Crippen molar-refractivity contribution in [3.05, 3.63) is 92.5 Å². The first-order valence-corrected chi connectivity index (χ1v) is 9.57. The minimum absolute atomic E-state index is 0.0557. The monoisotopic (exact) mass is 437 g/mol. The van der Waals surface area contributed by atoms with Crippen LogP contribution in [-0.2, 0) is 0 Å². The molecule has 0 unspecified atom stereocenters. The first kappa shape index (κ1) is 19.8. The van der Waals surface area contributed by atoms with E-state index in [-0.39, 0.29) is 5.69 Å². The fraction of sp³-hybridized carbons (Fsp3) is 0. The van der Waals surface area contributed by atoms with Crippen LogP contribution in [0.3, 0.4) is 0 Å². The van der Waals surface area contributed by atoms with Crippen molar-refractivity contribution in [3.63, 3.8) is 0 Å². The summed E-state index contributed by atoms with van der Waals surface area (Å²) in [6.07, 6.45) is 5.20. The summed E-state index contributed by atoms with van der Waals surface area (Å²) >= 11 is 12.3. The third-order valence-electron chi connectivity index (χ3n) is 4.26. The fourth-order valence-electron chi connectivity index (χ4n) is 2.77. The Bertz CT molecular complexity index is 1290. The maximum atomic E-state index is 10.7. The van der Waals surface area contributed by atoms with Crippen molar-refractivity contribution in [1.82, 2.24) is 4.98 Å². The number of hydrogen-bond acceptors (Lipinski definition) is 5. The summed E-state index contributed by atoms with van der Waals surface area (Å²) < 4.78 is 5.79. The van der Waals surface area contributed by atoms with Gasteiger partial charge in [-0.05, 0) is 54.1 Å². The summed E-state index contributed by atoms with van der Waals surface area (Å²) in [7, 11) is 0. The van der Waals surface area contributed by atoms with Crippen molar-refractivity contribution >= 4 is 58.0 Å². The summed E-state index contributed by atoms with van der Waals surface area (Å²) in [6.45, 7) is 0. The van der Waals surface area contributed by atoms with E-state index in [4.69, 9.17) is 27.6 Å². The van der Waals surface area contributed by atoms with Gasteiger partial charge in [-0.2, -0.15) is 0 Å². The predicted octanol–water partition coefficient (Wildman–Crippen LogP) is 7.13. The maximum Gasteiger partial charge on any atom is 0.269 e. The van der Waals surface area contributed by atoms with Gasteiger partial charge in [-0.3, -0.25) is 15.1 Å². The number of nitro benzene ring substituents is 1. The van der Waals surface area contributed by atoms with Gasteiger partial charge in [0.15, 0.2) is 5.58 Å². The third-order valence-corrected chi connectivity index (χ3v) is 5.07. The van der Waals surface area contributed by atoms with Crippen LogP contribution in [-0.4, -0.2) is 16.1 Å². The quantitative estimate of drug-likeness (QED) is 0.189. The molecule has 0 bridgehead atoms. The number of hydrogen-bond donors (Lipinski definition) is 0. The highest BCUT2D eigenvalue weighted by atomic mass is 35.5. The minimum Gasteiger partial charge on any atom is -0.436 e. The molecule has 0 N–H and O–H groups in total. The van der Waals surface area contributed by atoms with Gasteiger partial charge >= 0.3 is 0 Å². The van der Waals surface area contributed by atoms with Gasteiger partial charge in [0, 0.05) is 18.3 Å². The van der Waals surface area contributed by atoms with Crippen molar-refractivity contribution in [2.45, 2.75) is 0 Å². The van der Waals surface area contributed by atoms with Crippen LogP contribution in [0, 0.1) is 10.1 Å². The van der Waals surface area contributed by atoms with Crippen LogP contribution in [0.25, 0.3) is 28.6 Å². The molecule has 0 radical (unpaired) electrons. The molecule has 0 spiro atoms. The number of aliphatic imine (C=N–C) groups is 1. The zero-order valence-electron chi connectivity index (χ0n) is 15.3. The molecule has 30 heavy (non-hydrogen) atoms. The fourth-order valence-corrected chi connectivity index (χ4v) is 3.15. The van der Waals surface area contributed by atoms with Crippen molar-refractivity contribution in [2.75, 3.05) is 0 Å². The van der Waals surface area contributed by atoms with Crippen LogP contribution in [0.1, 0.15) is 5.56 Å². The number of rotatable bonds is 5. The van der Waals surface area contributed by atoms with Gasteiger partial charge in [0.2, 0.25) is 5.89 Å². The van der Waals surface area contributed by atoms with Crippen LogP contribution >= 0.6 is 23.2 Å².